The van der Waals surface area contributed by atoms with Gasteiger partial charge in [0.1, 0.15) is 0 Å². The number of halogens is 1. The second kappa shape index (κ2) is 7.14. The molecule has 0 unspecified atom stereocenters. The molecule has 0 aromatic heterocycles. The van der Waals surface area contributed by atoms with Crippen LogP contribution in [-0.2, 0) is 4.79 Å². The van der Waals surface area contributed by atoms with Gasteiger partial charge in [0.05, 0.1) is 11.6 Å². The van der Waals surface area contributed by atoms with E-state index < -0.39 is 0 Å². The highest BCUT2D eigenvalue weighted by Crippen LogP contribution is 2.32. The van der Waals surface area contributed by atoms with E-state index in [1.165, 1.54) is 11.3 Å². The van der Waals surface area contributed by atoms with Gasteiger partial charge in [-0.15, -0.1) is 0 Å². The van der Waals surface area contributed by atoms with Gasteiger partial charge in [-0.05, 0) is 84.1 Å². The van der Waals surface area contributed by atoms with Crippen LogP contribution in [0.4, 0.5) is 4.79 Å². The third-order valence-corrected chi connectivity index (χ3v) is 5.46. The van der Waals surface area contributed by atoms with Gasteiger partial charge in [-0.3, -0.25) is 19.4 Å². The number of rotatable bonds is 3. The maximum absolute atomic E-state index is 12.4. The van der Waals surface area contributed by atoms with E-state index in [1.54, 1.807) is 6.08 Å². The van der Waals surface area contributed by atoms with E-state index in [9.17, 15) is 9.59 Å². The molecular weight excluding hydrogens is 411 g/mol. The minimum absolute atomic E-state index is 0.160. The molecule has 0 atom stereocenters. The van der Waals surface area contributed by atoms with Crippen molar-refractivity contribution in [2.75, 3.05) is 19.8 Å². The molecule has 3 rings (SSSR count). The summed E-state index contributed by atoms with van der Waals surface area (Å²) in [6.45, 7) is 2.37. The summed E-state index contributed by atoms with van der Waals surface area (Å²) in [4.78, 5) is 28.6. The fraction of sp³-hybridized carbons (Fsp3) is 0.375. The van der Waals surface area contributed by atoms with Crippen LogP contribution < -0.4 is 0 Å². The number of hydrogen-bond donors (Lipinski definition) is 0. The summed E-state index contributed by atoms with van der Waals surface area (Å²) in [6.07, 6.45) is 5.34. The number of imide groups is 1. The van der Waals surface area contributed by atoms with Gasteiger partial charge < -0.3 is 0 Å². The van der Waals surface area contributed by atoms with E-state index >= 15 is 0 Å². The summed E-state index contributed by atoms with van der Waals surface area (Å²) in [5.74, 6) is -0.167. The van der Waals surface area contributed by atoms with Crippen LogP contribution in [0.5, 0.6) is 0 Å². The number of hydrogen-bond acceptors (Lipinski definition) is 4. The highest BCUT2D eigenvalue weighted by atomic mass is 127. The summed E-state index contributed by atoms with van der Waals surface area (Å²) in [6, 6.07) is 7.90. The van der Waals surface area contributed by atoms with Gasteiger partial charge in [-0.1, -0.05) is 18.6 Å². The lowest BCUT2D eigenvalue weighted by Gasteiger charge is -2.29. The molecule has 22 heavy (non-hydrogen) atoms. The number of piperidine rings is 1. The zero-order chi connectivity index (χ0) is 15.5. The zero-order valence-corrected chi connectivity index (χ0v) is 15.1. The summed E-state index contributed by atoms with van der Waals surface area (Å²) >= 11 is 3.28. The highest BCUT2D eigenvalue weighted by molar-refractivity contribution is 14.1. The molecule has 0 radical (unpaired) electrons. The Kier molecular flexibility index (Phi) is 5.20. The number of thioether (sulfide) groups is 1. The number of likely N-dealkylation sites (tertiary alicyclic amines) is 1. The predicted molar refractivity (Wildman–Crippen MR) is 97.3 cm³/mol. The quantitative estimate of drug-likeness (QED) is 0.543. The lowest BCUT2D eigenvalue weighted by atomic mass is 10.1. The predicted octanol–water partition coefficient (Wildman–Crippen LogP) is 3.77. The summed E-state index contributed by atoms with van der Waals surface area (Å²) in [7, 11) is 0. The van der Waals surface area contributed by atoms with Crippen molar-refractivity contribution in [2.24, 2.45) is 0 Å². The molecular formula is C16H17IN2O2S. The lowest BCUT2D eigenvalue weighted by molar-refractivity contribution is -0.124. The fourth-order valence-corrected chi connectivity index (χ4v) is 3.82. The molecule has 2 saturated heterocycles. The monoisotopic (exact) mass is 428 g/mol. The first-order chi connectivity index (χ1) is 10.6. The number of carbonyl (C=O) groups is 2. The van der Waals surface area contributed by atoms with E-state index in [0.717, 1.165) is 46.8 Å². The molecule has 6 heteroatoms. The molecule has 4 nitrogen and oxygen atoms in total. The molecule has 2 fully saturated rings. The van der Waals surface area contributed by atoms with Crippen molar-refractivity contribution >= 4 is 51.6 Å². The van der Waals surface area contributed by atoms with Gasteiger partial charge in [0, 0.05) is 3.57 Å². The van der Waals surface area contributed by atoms with Crippen LogP contribution in [0, 0.1) is 3.57 Å². The summed E-state index contributed by atoms with van der Waals surface area (Å²) in [5, 5.41) is -0.160. The highest BCUT2D eigenvalue weighted by Gasteiger charge is 2.36. The smallest absolute Gasteiger partial charge is 0.286 e. The van der Waals surface area contributed by atoms with Crippen molar-refractivity contribution in [2.45, 2.75) is 19.3 Å². The van der Waals surface area contributed by atoms with Crippen molar-refractivity contribution in [3.05, 3.63) is 38.3 Å². The van der Waals surface area contributed by atoms with Gasteiger partial charge in [0.25, 0.3) is 11.1 Å². The van der Waals surface area contributed by atoms with Crippen LogP contribution in [0.3, 0.4) is 0 Å². The summed E-state index contributed by atoms with van der Waals surface area (Å²) in [5.41, 5.74) is 0.948. The van der Waals surface area contributed by atoms with Crippen LogP contribution in [0.25, 0.3) is 6.08 Å². The lowest BCUT2D eigenvalue weighted by Crippen LogP contribution is -2.42. The van der Waals surface area contributed by atoms with Crippen molar-refractivity contribution in [1.29, 1.82) is 0 Å². The Balaban J connectivity index is 1.71. The van der Waals surface area contributed by atoms with Crippen molar-refractivity contribution in [3.8, 4) is 0 Å². The largest absolute Gasteiger partial charge is 0.294 e. The normalized spacial score (nSPS) is 21.9. The van der Waals surface area contributed by atoms with E-state index in [-0.39, 0.29) is 11.1 Å². The van der Waals surface area contributed by atoms with Crippen LogP contribution in [-0.4, -0.2) is 40.7 Å². The van der Waals surface area contributed by atoms with Crippen molar-refractivity contribution < 1.29 is 9.59 Å². The van der Waals surface area contributed by atoms with Gasteiger partial charge in [-0.25, -0.2) is 0 Å². The molecule has 0 N–H and O–H groups in total. The van der Waals surface area contributed by atoms with Crippen LogP contribution in [0.1, 0.15) is 24.8 Å². The molecule has 116 valence electrons. The molecule has 2 heterocycles. The Morgan fingerprint density at radius 3 is 2.45 bits per heavy atom. The van der Waals surface area contributed by atoms with E-state index in [2.05, 4.69) is 27.5 Å². The van der Waals surface area contributed by atoms with Crippen molar-refractivity contribution in [3.63, 3.8) is 0 Å². The minimum atomic E-state index is -0.167. The van der Waals surface area contributed by atoms with E-state index in [0.29, 0.717) is 11.6 Å². The van der Waals surface area contributed by atoms with E-state index in [4.69, 9.17) is 0 Å². The van der Waals surface area contributed by atoms with Gasteiger partial charge in [0.2, 0.25) is 0 Å². The second-order valence-corrected chi connectivity index (χ2v) is 7.72. The first-order valence-electron chi connectivity index (χ1n) is 7.37. The molecule has 2 aliphatic heterocycles. The van der Waals surface area contributed by atoms with Gasteiger partial charge in [-0.2, -0.15) is 0 Å². The molecule has 0 spiro atoms. The molecule has 0 bridgehead atoms. The maximum Gasteiger partial charge on any atom is 0.294 e. The number of nitrogens with zero attached hydrogens (tertiary/aromatic N) is 2. The van der Waals surface area contributed by atoms with Crippen LogP contribution >= 0.6 is 34.4 Å². The molecule has 2 aliphatic rings. The SMILES string of the molecule is O=C1S/C(=C/c2ccc(I)cc2)C(=O)N1CN1CCCCC1. The summed E-state index contributed by atoms with van der Waals surface area (Å²) < 4.78 is 1.15. The molecule has 2 amide bonds. The van der Waals surface area contributed by atoms with Crippen LogP contribution in [0.2, 0.25) is 0 Å². The standard InChI is InChI=1S/C16H17IN2O2S/c17-13-6-4-12(5-7-13)10-14-15(20)19(16(21)22-14)11-18-8-2-1-3-9-18/h4-7,10H,1-3,8-9,11H2/b14-10+. The third kappa shape index (κ3) is 3.72. The number of carbonyl (C=O) groups excluding carboxylic acids is 2. The Bertz CT molecular complexity index is 609. The topological polar surface area (TPSA) is 40.6 Å². The number of benzene rings is 1. The first kappa shape index (κ1) is 16.0. The minimum Gasteiger partial charge on any atom is -0.286 e. The number of amides is 2. The van der Waals surface area contributed by atoms with Gasteiger partial charge in [0.15, 0.2) is 0 Å². The molecule has 1 aromatic rings. The van der Waals surface area contributed by atoms with Gasteiger partial charge >= 0.3 is 0 Å². The Hall–Kier alpha value is -0.860. The van der Waals surface area contributed by atoms with E-state index in [1.807, 2.05) is 24.3 Å². The average molecular weight is 428 g/mol. The second-order valence-electron chi connectivity index (χ2n) is 5.48. The third-order valence-electron chi connectivity index (χ3n) is 3.83. The Morgan fingerprint density at radius 2 is 1.77 bits per heavy atom. The first-order valence-corrected chi connectivity index (χ1v) is 9.26. The Labute approximate surface area is 148 Å². The fourth-order valence-electron chi connectivity index (χ4n) is 2.63. The van der Waals surface area contributed by atoms with Crippen molar-refractivity contribution in [1.82, 2.24) is 9.80 Å². The average Bonchev–Trinajstić information content (AvgIpc) is 2.78. The van der Waals surface area contributed by atoms with Crippen LogP contribution in [0.15, 0.2) is 29.2 Å². The molecule has 0 aliphatic carbocycles. The molecule has 0 saturated carbocycles. The Morgan fingerprint density at radius 1 is 1.09 bits per heavy atom. The maximum atomic E-state index is 12.4. The molecule has 1 aromatic carbocycles. The zero-order valence-electron chi connectivity index (χ0n) is 12.1.